The third-order valence-electron chi connectivity index (χ3n) is 2.11. The van der Waals surface area contributed by atoms with Gasteiger partial charge in [-0.25, -0.2) is 8.78 Å². The van der Waals surface area contributed by atoms with E-state index in [1.807, 2.05) is 0 Å². The van der Waals surface area contributed by atoms with Gasteiger partial charge in [-0.1, -0.05) is 0 Å². The zero-order valence-electron chi connectivity index (χ0n) is 9.09. The monoisotopic (exact) mass is 262 g/mol. The second-order valence-corrected chi connectivity index (χ2v) is 3.17. The van der Waals surface area contributed by atoms with Crippen LogP contribution in [0.5, 0.6) is 5.75 Å². The molecule has 0 aliphatic heterocycles. The largest absolute Gasteiger partial charge is 0.492 e. The SMILES string of the molecule is COc1cnc([N+](=O)[O-])c(C(F)F)c1CC(=O)O. The molecule has 0 amide bonds. The van der Waals surface area contributed by atoms with Gasteiger partial charge in [0.2, 0.25) is 0 Å². The predicted molar refractivity (Wildman–Crippen MR) is 53.7 cm³/mol. The van der Waals surface area contributed by atoms with E-state index in [0.717, 1.165) is 13.3 Å². The lowest BCUT2D eigenvalue weighted by Gasteiger charge is -2.10. The highest BCUT2D eigenvalue weighted by Crippen LogP contribution is 2.35. The lowest BCUT2D eigenvalue weighted by atomic mass is 10.1. The Labute approximate surface area is 99.2 Å². The van der Waals surface area contributed by atoms with E-state index in [4.69, 9.17) is 9.84 Å². The van der Waals surface area contributed by atoms with Gasteiger partial charge in [-0.3, -0.25) is 4.79 Å². The Hall–Kier alpha value is -2.32. The summed E-state index contributed by atoms with van der Waals surface area (Å²) < 4.78 is 30.3. The van der Waals surface area contributed by atoms with Gasteiger partial charge in [-0.2, -0.15) is 0 Å². The molecule has 0 aliphatic rings. The summed E-state index contributed by atoms with van der Waals surface area (Å²) in [5.74, 6) is -2.70. The molecule has 1 aromatic heterocycles. The van der Waals surface area contributed by atoms with Crippen LogP contribution in [0.3, 0.4) is 0 Å². The Morgan fingerprint density at radius 3 is 2.67 bits per heavy atom. The van der Waals surface area contributed by atoms with Crippen molar-refractivity contribution in [3.8, 4) is 5.75 Å². The number of alkyl halides is 2. The quantitative estimate of drug-likeness (QED) is 0.638. The normalized spacial score (nSPS) is 10.4. The summed E-state index contributed by atoms with van der Waals surface area (Å²) in [5.41, 5.74) is -1.47. The minimum Gasteiger partial charge on any atom is -0.492 e. The number of hydrogen-bond acceptors (Lipinski definition) is 5. The second kappa shape index (κ2) is 5.34. The molecule has 0 aliphatic carbocycles. The maximum Gasteiger partial charge on any atom is 0.372 e. The Morgan fingerprint density at radius 2 is 2.28 bits per heavy atom. The number of aliphatic carboxylic acids is 1. The first-order chi connectivity index (χ1) is 8.38. The van der Waals surface area contributed by atoms with E-state index in [-0.39, 0.29) is 5.75 Å². The fourth-order valence-electron chi connectivity index (χ4n) is 1.42. The lowest BCUT2D eigenvalue weighted by Crippen LogP contribution is -2.10. The molecule has 0 radical (unpaired) electrons. The number of ether oxygens (including phenoxy) is 1. The standard InChI is InChI=1S/C9H8F2N2O5/c1-18-5-3-12-9(13(16)17)7(8(10)11)4(5)2-6(14)15/h3,8H,2H2,1H3,(H,14,15). The highest BCUT2D eigenvalue weighted by Gasteiger charge is 2.31. The Morgan fingerprint density at radius 1 is 1.67 bits per heavy atom. The van der Waals surface area contributed by atoms with Crippen LogP contribution in [-0.4, -0.2) is 28.1 Å². The molecule has 18 heavy (non-hydrogen) atoms. The molecule has 0 atom stereocenters. The van der Waals surface area contributed by atoms with Crippen LogP contribution < -0.4 is 4.74 Å². The summed E-state index contributed by atoms with van der Waals surface area (Å²) in [5, 5.41) is 19.2. The first kappa shape index (κ1) is 13.7. The van der Waals surface area contributed by atoms with E-state index in [1.165, 1.54) is 0 Å². The minimum atomic E-state index is -3.22. The Kier molecular flexibility index (Phi) is 4.08. The highest BCUT2D eigenvalue weighted by molar-refractivity contribution is 5.72. The predicted octanol–water partition coefficient (Wildman–Crippen LogP) is 1.56. The van der Waals surface area contributed by atoms with Gasteiger partial charge < -0.3 is 20.0 Å². The molecule has 0 saturated heterocycles. The van der Waals surface area contributed by atoms with Crippen LogP contribution in [-0.2, 0) is 11.2 Å². The summed E-state index contributed by atoms with van der Waals surface area (Å²) in [4.78, 5) is 23.3. The van der Waals surface area contributed by atoms with E-state index < -0.39 is 40.7 Å². The number of halogens is 2. The molecule has 1 aromatic rings. The van der Waals surface area contributed by atoms with E-state index in [9.17, 15) is 23.7 Å². The number of carbonyl (C=O) groups is 1. The maximum absolute atomic E-state index is 12.8. The summed E-state index contributed by atoms with van der Waals surface area (Å²) in [6, 6.07) is 0. The van der Waals surface area contributed by atoms with Crippen LogP contribution in [0.15, 0.2) is 6.20 Å². The Bertz CT molecular complexity index is 492. The summed E-state index contributed by atoms with van der Waals surface area (Å²) in [7, 11) is 1.13. The number of nitro groups is 1. The van der Waals surface area contributed by atoms with Gasteiger partial charge in [0, 0.05) is 5.56 Å². The molecule has 9 heteroatoms. The van der Waals surface area contributed by atoms with Crippen LogP contribution >= 0.6 is 0 Å². The van der Waals surface area contributed by atoms with Crippen molar-refractivity contribution in [3.05, 3.63) is 27.4 Å². The average molecular weight is 262 g/mol. The third kappa shape index (κ3) is 2.67. The van der Waals surface area contributed by atoms with Gasteiger partial charge in [0.15, 0.2) is 11.9 Å². The van der Waals surface area contributed by atoms with Crippen molar-refractivity contribution in [2.75, 3.05) is 7.11 Å². The van der Waals surface area contributed by atoms with E-state index in [0.29, 0.717) is 0 Å². The topological polar surface area (TPSA) is 103 Å². The van der Waals surface area contributed by atoms with Crippen molar-refractivity contribution in [1.82, 2.24) is 4.98 Å². The van der Waals surface area contributed by atoms with Crippen molar-refractivity contribution in [2.45, 2.75) is 12.8 Å². The molecular formula is C9H8F2N2O5. The zero-order valence-corrected chi connectivity index (χ0v) is 9.09. The molecule has 0 aromatic carbocycles. The van der Waals surface area contributed by atoms with Crippen LogP contribution in [0.2, 0.25) is 0 Å². The van der Waals surface area contributed by atoms with E-state index >= 15 is 0 Å². The molecule has 1 heterocycles. The number of aromatic nitrogens is 1. The summed E-state index contributed by atoms with van der Waals surface area (Å²) >= 11 is 0. The molecule has 1 N–H and O–H groups in total. The van der Waals surface area contributed by atoms with Gasteiger partial charge in [0.25, 0.3) is 6.43 Å². The highest BCUT2D eigenvalue weighted by atomic mass is 19.3. The number of carboxylic acids is 1. The fraction of sp³-hybridized carbons (Fsp3) is 0.333. The van der Waals surface area contributed by atoms with Crippen LogP contribution in [0.25, 0.3) is 0 Å². The van der Waals surface area contributed by atoms with Crippen molar-refractivity contribution in [2.24, 2.45) is 0 Å². The molecular weight excluding hydrogens is 254 g/mol. The van der Waals surface area contributed by atoms with Crippen molar-refractivity contribution in [1.29, 1.82) is 0 Å². The van der Waals surface area contributed by atoms with Crippen LogP contribution in [0.4, 0.5) is 14.6 Å². The zero-order chi connectivity index (χ0) is 13.9. The maximum atomic E-state index is 12.8. The number of rotatable bonds is 5. The molecule has 0 unspecified atom stereocenters. The molecule has 0 bridgehead atoms. The van der Waals surface area contributed by atoms with E-state index in [1.54, 1.807) is 0 Å². The van der Waals surface area contributed by atoms with Gasteiger partial charge in [0.05, 0.1) is 13.5 Å². The number of hydrogen-bond donors (Lipinski definition) is 1. The van der Waals surface area contributed by atoms with Gasteiger partial charge in [0.1, 0.15) is 5.56 Å². The number of carboxylic acid groups (broad SMARTS) is 1. The van der Waals surface area contributed by atoms with Crippen molar-refractivity contribution < 1.29 is 28.3 Å². The fourth-order valence-corrected chi connectivity index (χ4v) is 1.42. The number of methoxy groups -OCH3 is 1. The molecule has 1 rings (SSSR count). The molecule has 98 valence electrons. The van der Waals surface area contributed by atoms with Gasteiger partial charge >= 0.3 is 11.8 Å². The number of nitrogens with zero attached hydrogens (tertiary/aromatic N) is 2. The van der Waals surface area contributed by atoms with Gasteiger partial charge in [-0.05, 0) is 9.91 Å². The minimum absolute atomic E-state index is 0.224. The molecule has 7 nitrogen and oxygen atoms in total. The van der Waals surface area contributed by atoms with Crippen molar-refractivity contribution in [3.63, 3.8) is 0 Å². The lowest BCUT2D eigenvalue weighted by molar-refractivity contribution is -0.391. The van der Waals surface area contributed by atoms with Crippen molar-refractivity contribution >= 4 is 11.8 Å². The summed E-state index contributed by atoms with van der Waals surface area (Å²) in [6.45, 7) is 0. The molecule has 0 spiro atoms. The van der Waals surface area contributed by atoms with Crippen LogP contribution in [0, 0.1) is 10.1 Å². The average Bonchev–Trinajstić information content (AvgIpc) is 2.26. The first-order valence-electron chi connectivity index (χ1n) is 4.58. The third-order valence-corrected chi connectivity index (χ3v) is 2.11. The van der Waals surface area contributed by atoms with E-state index in [2.05, 4.69) is 4.98 Å². The Balaban J connectivity index is 3.53. The number of pyridine rings is 1. The molecule has 0 saturated carbocycles. The van der Waals surface area contributed by atoms with Gasteiger partial charge in [-0.15, -0.1) is 0 Å². The summed E-state index contributed by atoms with van der Waals surface area (Å²) in [6.07, 6.45) is -3.18. The second-order valence-electron chi connectivity index (χ2n) is 3.17. The first-order valence-corrected chi connectivity index (χ1v) is 4.58. The molecule has 0 fully saturated rings. The smallest absolute Gasteiger partial charge is 0.372 e. The van der Waals surface area contributed by atoms with Crippen LogP contribution in [0.1, 0.15) is 17.6 Å².